The summed E-state index contributed by atoms with van der Waals surface area (Å²) in [5, 5.41) is 2.96. The van der Waals surface area contributed by atoms with Gasteiger partial charge < -0.3 is 10.1 Å². The topological polar surface area (TPSA) is 66.5 Å². The molecule has 2 aliphatic rings. The van der Waals surface area contributed by atoms with Gasteiger partial charge in [0.2, 0.25) is 0 Å². The maximum absolute atomic E-state index is 12.7. The summed E-state index contributed by atoms with van der Waals surface area (Å²) in [4.78, 5) is 37.2. The predicted octanol–water partition coefficient (Wildman–Crippen LogP) is 2.10. The van der Waals surface area contributed by atoms with Gasteiger partial charge in [0.1, 0.15) is 11.3 Å². The van der Waals surface area contributed by atoms with E-state index in [9.17, 15) is 14.4 Å². The normalized spacial score (nSPS) is 33.6. The van der Waals surface area contributed by atoms with Crippen molar-refractivity contribution in [1.29, 1.82) is 0 Å². The van der Waals surface area contributed by atoms with E-state index in [0.717, 1.165) is 19.3 Å². The minimum Gasteiger partial charge on any atom is -0.323 e. The molecule has 0 aromatic heterocycles. The minimum absolute atomic E-state index is 0.0890. The number of Topliss-reactive ketones (excluding diaryl/α,β-unsaturated/α-hetero) is 1. The Hall–Kier alpha value is -1.39. The average Bonchev–Trinajstić information content (AvgIpc) is 2.61. The van der Waals surface area contributed by atoms with E-state index < -0.39 is 5.54 Å². The molecule has 1 heterocycles. The van der Waals surface area contributed by atoms with Crippen molar-refractivity contribution in [3.05, 3.63) is 0 Å². The smallest absolute Gasteiger partial charge is 0.323 e. The van der Waals surface area contributed by atoms with Crippen molar-refractivity contribution in [2.45, 2.75) is 58.4 Å². The number of imide groups is 1. The molecule has 2 rings (SSSR count). The first-order valence-electron chi connectivity index (χ1n) is 7.53. The summed E-state index contributed by atoms with van der Waals surface area (Å²) in [6, 6.07) is -0.292. The van der Waals surface area contributed by atoms with Crippen molar-refractivity contribution < 1.29 is 14.4 Å². The molecule has 1 saturated heterocycles. The molecule has 0 aromatic carbocycles. The molecule has 5 nitrogen and oxygen atoms in total. The lowest BCUT2D eigenvalue weighted by atomic mass is 9.67. The summed E-state index contributed by atoms with van der Waals surface area (Å²) in [6.45, 7) is 5.96. The van der Waals surface area contributed by atoms with Crippen molar-refractivity contribution in [3.8, 4) is 0 Å². The fourth-order valence-corrected chi connectivity index (χ4v) is 3.64. The highest BCUT2D eigenvalue weighted by Gasteiger charge is 2.57. The third kappa shape index (κ3) is 2.34. The van der Waals surface area contributed by atoms with E-state index >= 15 is 0 Å². The zero-order valence-electron chi connectivity index (χ0n) is 12.6. The Labute approximate surface area is 120 Å². The van der Waals surface area contributed by atoms with E-state index in [1.165, 1.54) is 11.8 Å². The Kier molecular flexibility index (Phi) is 4.16. The number of amides is 3. The van der Waals surface area contributed by atoms with E-state index in [1.54, 1.807) is 0 Å². The van der Waals surface area contributed by atoms with Crippen LogP contribution >= 0.6 is 0 Å². The lowest BCUT2D eigenvalue weighted by molar-refractivity contribution is -0.136. The molecular weight excluding hydrogens is 256 g/mol. The molecule has 0 bridgehead atoms. The number of nitrogens with zero attached hydrogens (tertiary/aromatic N) is 1. The van der Waals surface area contributed by atoms with Gasteiger partial charge in [-0.15, -0.1) is 0 Å². The van der Waals surface area contributed by atoms with E-state index in [2.05, 4.69) is 5.32 Å². The summed E-state index contributed by atoms with van der Waals surface area (Å²) in [7, 11) is 0. The van der Waals surface area contributed by atoms with Gasteiger partial charge in [-0.2, -0.15) is 0 Å². The van der Waals surface area contributed by atoms with Gasteiger partial charge in [0.25, 0.3) is 5.91 Å². The number of nitrogens with one attached hydrogen (secondary N) is 1. The van der Waals surface area contributed by atoms with Crippen LogP contribution in [0.25, 0.3) is 0 Å². The van der Waals surface area contributed by atoms with Gasteiger partial charge in [-0.1, -0.05) is 20.3 Å². The molecule has 2 fully saturated rings. The average molecular weight is 280 g/mol. The zero-order chi connectivity index (χ0) is 14.9. The van der Waals surface area contributed by atoms with Crippen molar-refractivity contribution >= 4 is 17.7 Å². The van der Waals surface area contributed by atoms with Crippen LogP contribution in [0.4, 0.5) is 4.79 Å². The summed E-state index contributed by atoms with van der Waals surface area (Å²) in [6.07, 6.45) is 4.01. The first-order chi connectivity index (χ1) is 9.39. The molecule has 2 unspecified atom stereocenters. The van der Waals surface area contributed by atoms with E-state index in [-0.39, 0.29) is 29.6 Å². The molecule has 1 spiro atoms. The number of carbonyl (C=O) groups excluding carboxylic acids is 3. The summed E-state index contributed by atoms with van der Waals surface area (Å²) in [5.74, 6) is 0.331. The second-order valence-corrected chi connectivity index (χ2v) is 6.29. The van der Waals surface area contributed by atoms with Gasteiger partial charge in [-0.05, 0) is 38.0 Å². The van der Waals surface area contributed by atoms with Gasteiger partial charge in [-0.25, -0.2) is 4.79 Å². The van der Waals surface area contributed by atoms with Crippen LogP contribution in [-0.4, -0.2) is 34.7 Å². The van der Waals surface area contributed by atoms with Crippen molar-refractivity contribution in [2.24, 2.45) is 11.8 Å². The molecule has 1 saturated carbocycles. The van der Waals surface area contributed by atoms with Crippen LogP contribution in [0.3, 0.4) is 0 Å². The third-order valence-corrected chi connectivity index (χ3v) is 4.90. The SMILES string of the molecule is CC(=O)CCCN1C(=O)NC2(C1=O)C(C)CCCC2C. The molecule has 5 heteroatoms. The lowest BCUT2D eigenvalue weighted by Gasteiger charge is -2.42. The lowest BCUT2D eigenvalue weighted by Crippen LogP contribution is -2.58. The Morgan fingerprint density at radius 2 is 1.90 bits per heavy atom. The van der Waals surface area contributed by atoms with Crippen LogP contribution < -0.4 is 5.32 Å². The van der Waals surface area contributed by atoms with Gasteiger partial charge in [0.05, 0.1) is 0 Å². The predicted molar refractivity (Wildman–Crippen MR) is 75.1 cm³/mol. The van der Waals surface area contributed by atoms with Gasteiger partial charge in [-0.3, -0.25) is 9.69 Å². The van der Waals surface area contributed by atoms with Crippen LogP contribution in [0.1, 0.15) is 52.9 Å². The fraction of sp³-hybridized carbons (Fsp3) is 0.800. The highest BCUT2D eigenvalue weighted by molar-refractivity contribution is 6.07. The largest absolute Gasteiger partial charge is 0.325 e. The summed E-state index contributed by atoms with van der Waals surface area (Å²) >= 11 is 0. The first-order valence-corrected chi connectivity index (χ1v) is 7.53. The Morgan fingerprint density at radius 1 is 1.30 bits per heavy atom. The Bertz CT molecular complexity index is 423. The maximum atomic E-state index is 12.7. The highest BCUT2D eigenvalue weighted by atomic mass is 16.2. The van der Waals surface area contributed by atoms with E-state index in [1.807, 2.05) is 13.8 Å². The van der Waals surface area contributed by atoms with Crippen LogP contribution in [0.5, 0.6) is 0 Å². The van der Waals surface area contributed by atoms with Crippen molar-refractivity contribution in [3.63, 3.8) is 0 Å². The Balaban J connectivity index is 2.13. The molecule has 2 atom stereocenters. The molecule has 0 aromatic rings. The molecule has 3 amide bonds. The van der Waals surface area contributed by atoms with Crippen LogP contribution in [0.2, 0.25) is 0 Å². The monoisotopic (exact) mass is 280 g/mol. The number of hydrogen-bond donors (Lipinski definition) is 1. The van der Waals surface area contributed by atoms with Crippen LogP contribution in [-0.2, 0) is 9.59 Å². The van der Waals surface area contributed by atoms with Gasteiger partial charge in [0, 0.05) is 13.0 Å². The Morgan fingerprint density at radius 3 is 2.45 bits per heavy atom. The number of urea groups is 1. The van der Waals surface area contributed by atoms with Gasteiger partial charge >= 0.3 is 6.03 Å². The molecule has 1 aliphatic carbocycles. The van der Waals surface area contributed by atoms with Crippen LogP contribution in [0.15, 0.2) is 0 Å². The van der Waals surface area contributed by atoms with E-state index in [0.29, 0.717) is 19.4 Å². The standard InChI is InChI=1S/C15H24N2O3/c1-10-6-4-7-11(2)15(10)13(19)17(14(20)16-15)9-5-8-12(3)18/h10-11H,4-9H2,1-3H3,(H,16,20). The maximum Gasteiger partial charge on any atom is 0.325 e. The fourth-order valence-electron chi connectivity index (χ4n) is 3.64. The number of ketones is 1. The van der Waals surface area contributed by atoms with Crippen LogP contribution in [0, 0.1) is 11.8 Å². The third-order valence-electron chi connectivity index (χ3n) is 4.90. The molecule has 0 radical (unpaired) electrons. The first kappa shape index (κ1) is 15.0. The van der Waals surface area contributed by atoms with E-state index in [4.69, 9.17) is 0 Å². The highest BCUT2D eigenvalue weighted by Crippen LogP contribution is 2.42. The molecule has 112 valence electrons. The van der Waals surface area contributed by atoms with Crippen molar-refractivity contribution in [2.75, 3.05) is 6.54 Å². The molecular formula is C15H24N2O3. The number of hydrogen-bond acceptors (Lipinski definition) is 3. The quantitative estimate of drug-likeness (QED) is 0.802. The zero-order valence-corrected chi connectivity index (χ0v) is 12.6. The number of carbonyl (C=O) groups is 3. The second-order valence-electron chi connectivity index (χ2n) is 6.29. The molecule has 20 heavy (non-hydrogen) atoms. The van der Waals surface area contributed by atoms with Gasteiger partial charge in [0.15, 0.2) is 0 Å². The summed E-state index contributed by atoms with van der Waals surface area (Å²) in [5.41, 5.74) is -0.717. The minimum atomic E-state index is -0.717. The second kappa shape index (κ2) is 5.54. The number of rotatable bonds is 4. The molecule has 1 N–H and O–H groups in total. The molecule has 1 aliphatic heterocycles. The summed E-state index contributed by atoms with van der Waals surface area (Å²) < 4.78 is 0. The van der Waals surface area contributed by atoms with Crippen molar-refractivity contribution in [1.82, 2.24) is 10.2 Å².